The summed E-state index contributed by atoms with van der Waals surface area (Å²) in [4.78, 5) is 19.1. The van der Waals surface area contributed by atoms with Gasteiger partial charge in [0.2, 0.25) is 0 Å². The second-order valence-corrected chi connectivity index (χ2v) is 6.24. The molecule has 0 spiro atoms. The van der Waals surface area contributed by atoms with Crippen LogP contribution < -0.4 is 9.64 Å². The normalized spacial score (nSPS) is 22.8. The molecule has 0 radical (unpaired) electrons. The van der Waals surface area contributed by atoms with Gasteiger partial charge < -0.3 is 19.4 Å². The Morgan fingerprint density at radius 1 is 1.21 bits per heavy atom. The van der Waals surface area contributed by atoms with Crippen LogP contribution in [0.4, 0.5) is 5.82 Å². The number of aromatic nitrogens is 4. The summed E-state index contributed by atoms with van der Waals surface area (Å²) in [5.41, 5.74) is 1.80. The molecule has 3 aromatic heterocycles. The molecule has 3 aromatic rings. The van der Waals surface area contributed by atoms with Crippen LogP contribution >= 0.6 is 0 Å². The van der Waals surface area contributed by atoms with Crippen molar-refractivity contribution in [1.29, 1.82) is 0 Å². The number of aromatic amines is 1. The molecule has 0 aliphatic carbocycles. The van der Waals surface area contributed by atoms with E-state index in [1.54, 1.807) is 12.4 Å². The molecule has 2 aliphatic heterocycles. The minimum atomic E-state index is 0.203. The van der Waals surface area contributed by atoms with Crippen LogP contribution in [-0.4, -0.2) is 51.8 Å². The van der Waals surface area contributed by atoms with E-state index in [9.17, 15) is 0 Å². The Morgan fingerprint density at radius 2 is 2.17 bits per heavy atom. The molecule has 1 N–H and O–H groups in total. The van der Waals surface area contributed by atoms with E-state index in [1.165, 1.54) is 0 Å². The number of hydrogen-bond acceptors (Lipinski definition) is 6. The number of H-pyrrole nitrogens is 1. The average Bonchev–Trinajstić information content (AvgIpc) is 3.10. The fourth-order valence-electron chi connectivity index (χ4n) is 3.53. The minimum Gasteiger partial charge on any atom is -0.486 e. The Bertz CT molecular complexity index is 909. The lowest BCUT2D eigenvalue weighted by Crippen LogP contribution is -2.56. The molecule has 0 saturated carbocycles. The van der Waals surface area contributed by atoms with Gasteiger partial charge in [0.05, 0.1) is 31.5 Å². The zero-order valence-electron chi connectivity index (χ0n) is 13.3. The summed E-state index contributed by atoms with van der Waals surface area (Å²) in [7, 11) is 0. The first-order chi connectivity index (χ1) is 11.8. The molecule has 7 heteroatoms. The van der Waals surface area contributed by atoms with Crippen molar-refractivity contribution in [2.45, 2.75) is 19.0 Å². The monoisotopic (exact) mass is 323 g/mol. The Hall–Kier alpha value is -2.67. The Balaban J connectivity index is 1.65. The first kappa shape index (κ1) is 13.7. The molecule has 1 saturated heterocycles. The fourth-order valence-corrected chi connectivity index (χ4v) is 3.53. The van der Waals surface area contributed by atoms with E-state index in [0.29, 0.717) is 25.6 Å². The zero-order chi connectivity index (χ0) is 16.1. The van der Waals surface area contributed by atoms with Crippen molar-refractivity contribution in [3.63, 3.8) is 0 Å². The maximum Gasteiger partial charge on any atom is 0.180 e. The van der Waals surface area contributed by atoms with Crippen molar-refractivity contribution in [2.75, 3.05) is 24.7 Å². The van der Waals surface area contributed by atoms with Crippen LogP contribution in [0.2, 0.25) is 0 Å². The van der Waals surface area contributed by atoms with Crippen molar-refractivity contribution in [2.24, 2.45) is 0 Å². The van der Waals surface area contributed by atoms with E-state index in [0.717, 1.165) is 28.2 Å². The quantitative estimate of drug-likeness (QED) is 0.738. The van der Waals surface area contributed by atoms with E-state index in [-0.39, 0.29) is 12.1 Å². The van der Waals surface area contributed by atoms with Crippen LogP contribution in [0.1, 0.15) is 6.92 Å². The highest BCUT2D eigenvalue weighted by Crippen LogP contribution is 2.36. The molecule has 0 amide bonds. The molecule has 2 aliphatic rings. The number of fused-ring (bicyclic) bond motifs is 4. The Morgan fingerprint density at radius 3 is 3.12 bits per heavy atom. The van der Waals surface area contributed by atoms with Gasteiger partial charge in [-0.25, -0.2) is 15.0 Å². The van der Waals surface area contributed by atoms with Crippen molar-refractivity contribution in [3.05, 3.63) is 30.7 Å². The molecule has 0 aromatic carbocycles. The number of rotatable bonds is 1. The molecule has 1 fully saturated rings. The number of morpholine rings is 1. The summed E-state index contributed by atoms with van der Waals surface area (Å²) in [5.74, 6) is 2.28. The van der Waals surface area contributed by atoms with Gasteiger partial charge in [0.25, 0.3) is 0 Å². The number of hydrogen-bond donors (Lipinski definition) is 1. The predicted octanol–water partition coefficient (Wildman–Crippen LogP) is 2.01. The summed E-state index contributed by atoms with van der Waals surface area (Å²) in [5, 5.41) is 1.01. The largest absolute Gasteiger partial charge is 0.486 e. The highest BCUT2D eigenvalue weighted by Gasteiger charge is 2.36. The van der Waals surface area contributed by atoms with Gasteiger partial charge in [-0.05, 0) is 19.1 Å². The number of anilines is 1. The number of pyridine rings is 1. The second kappa shape index (κ2) is 5.17. The Labute approximate surface area is 138 Å². The van der Waals surface area contributed by atoms with Gasteiger partial charge in [0.1, 0.15) is 12.3 Å². The maximum atomic E-state index is 5.84. The summed E-state index contributed by atoms with van der Waals surface area (Å²) in [6.45, 7) is 4.13. The van der Waals surface area contributed by atoms with Crippen LogP contribution in [0.15, 0.2) is 30.7 Å². The van der Waals surface area contributed by atoms with Gasteiger partial charge in [0, 0.05) is 23.3 Å². The molecule has 2 unspecified atom stereocenters. The molecule has 5 rings (SSSR count). The topological polar surface area (TPSA) is 76.2 Å². The molecule has 2 atom stereocenters. The lowest BCUT2D eigenvalue weighted by atomic mass is 10.1. The van der Waals surface area contributed by atoms with Crippen molar-refractivity contribution >= 4 is 16.9 Å². The molecule has 5 heterocycles. The Kier molecular flexibility index (Phi) is 2.96. The van der Waals surface area contributed by atoms with E-state index < -0.39 is 0 Å². The molecule has 7 nitrogen and oxygen atoms in total. The fraction of sp³-hybridized carbons (Fsp3) is 0.353. The third-order valence-electron chi connectivity index (χ3n) is 4.65. The molecule has 122 valence electrons. The second-order valence-electron chi connectivity index (χ2n) is 6.24. The molecular weight excluding hydrogens is 306 g/mol. The van der Waals surface area contributed by atoms with Crippen LogP contribution in [0.3, 0.4) is 0 Å². The third kappa shape index (κ3) is 1.98. The first-order valence-corrected chi connectivity index (χ1v) is 8.09. The van der Waals surface area contributed by atoms with Crippen LogP contribution in [0.5, 0.6) is 5.75 Å². The summed E-state index contributed by atoms with van der Waals surface area (Å²) in [6.07, 6.45) is 5.42. The predicted molar refractivity (Wildman–Crippen MR) is 89.2 cm³/mol. The number of ether oxygens (including phenoxy) is 2. The highest BCUT2D eigenvalue weighted by molar-refractivity contribution is 5.91. The van der Waals surface area contributed by atoms with Gasteiger partial charge in [-0.15, -0.1) is 0 Å². The SMILES string of the molecule is CC1COCC2COc3cnc(-c4ccnc5[nH]ccc45)nc3N12. The lowest BCUT2D eigenvalue weighted by molar-refractivity contribution is 0.0486. The molecular formula is C17H17N5O2. The standard InChI is InChI=1S/C17H17N5O2/c1-10-7-23-8-11-9-24-14-6-20-16(21-17(14)22(10)11)13-3-5-19-15-12(13)2-4-18-15/h2-6,10-11H,7-9H2,1H3,(H,18,19). The summed E-state index contributed by atoms with van der Waals surface area (Å²) in [6, 6.07) is 4.41. The van der Waals surface area contributed by atoms with Gasteiger partial charge in [0.15, 0.2) is 17.4 Å². The zero-order valence-corrected chi connectivity index (χ0v) is 13.3. The van der Waals surface area contributed by atoms with Crippen LogP contribution in [0, 0.1) is 0 Å². The van der Waals surface area contributed by atoms with Crippen molar-refractivity contribution in [3.8, 4) is 17.1 Å². The highest BCUT2D eigenvalue weighted by atomic mass is 16.5. The first-order valence-electron chi connectivity index (χ1n) is 8.09. The summed E-state index contributed by atoms with van der Waals surface area (Å²) >= 11 is 0. The number of nitrogens with one attached hydrogen (secondary N) is 1. The van der Waals surface area contributed by atoms with Gasteiger partial charge >= 0.3 is 0 Å². The van der Waals surface area contributed by atoms with Crippen LogP contribution in [-0.2, 0) is 4.74 Å². The van der Waals surface area contributed by atoms with Crippen molar-refractivity contribution in [1.82, 2.24) is 19.9 Å². The maximum absolute atomic E-state index is 5.84. The van der Waals surface area contributed by atoms with Gasteiger partial charge in [-0.2, -0.15) is 0 Å². The van der Waals surface area contributed by atoms with Crippen LogP contribution in [0.25, 0.3) is 22.4 Å². The summed E-state index contributed by atoms with van der Waals surface area (Å²) < 4.78 is 11.5. The van der Waals surface area contributed by atoms with E-state index in [2.05, 4.69) is 26.8 Å². The third-order valence-corrected chi connectivity index (χ3v) is 4.65. The molecule has 24 heavy (non-hydrogen) atoms. The van der Waals surface area contributed by atoms with E-state index in [1.807, 2.05) is 18.3 Å². The lowest BCUT2D eigenvalue weighted by Gasteiger charge is -2.44. The minimum absolute atomic E-state index is 0.203. The number of nitrogens with zero attached hydrogens (tertiary/aromatic N) is 4. The van der Waals surface area contributed by atoms with Gasteiger partial charge in [-0.3, -0.25) is 0 Å². The van der Waals surface area contributed by atoms with Gasteiger partial charge in [-0.1, -0.05) is 0 Å². The van der Waals surface area contributed by atoms with E-state index in [4.69, 9.17) is 14.5 Å². The van der Waals surface area contributed by atoms with E-state index >= 15 is 0 Å². The smallest absolute Gasteiger partial charge is 0.180 e. The average molecular weight is 323 g/mol. The molecule has 0 bridgehead atoms. The van der Waals surface area contributed by atoms with Crippen molar-refractivity contribution < 1.29 is 9.47 Å².